The van der Waals surface area contributed by atoms with Crippen LogP contribution in [0.25, 0.3) is 0 Å². The van der Waals surface area contributed by atoms with Crippen LogP contribution in [-0.2, 0) is 4.79 Å². The van der Waals surface area contributed by atoms with Gasteiger partial charge in [0.25, 0.3) is 5.91 Å². The summed E-state index contributed by atoms with van der Waals surface area (Å²) in [5, 5.41) is 11.7. The Balaban J connectivity index is 2.83. The first-order valence-corrected chi connectivity index (χ1v) is 6.03. The number of hydrogen-bond acceptors (Lipinski definition) is 4. The zero-order valence-corrected chi connectivity index (χ0v) is 11.0. The largest absolute Gasteiger partial charge is 0.480 e. The minimum Gasteiger partial charge on any atom is -0.480 e. The van der Waals surface area contributed by atoms with Gasteiger partial charge in [-0.3, -0.25) is 4.79 Å². The van der Waals surface area contributed by atoms with Crippen molar-refractivity contribution in [2.24, 2.45) is 0 Å². The number of carboxylic acids is 1. The number of rotatable bonds is 6. The van der Waals surface area contributed by atoms with Gasteiger partial charge < -0.3 is 20.9 Å². The zero-order valence-electron chi connectivity index (χ0n) is 11.0. The van der Waals surface area contributed by atoms with Crippen LogP contribution in [0.15, 0.2) is 18.2 Å². The van der Waals surface area contributed by atoms with E-state index >= 15 is 0 Å². The van der Waals surface area contributed by atoms with Gasteiger partial charge in [-0.2, -0.15) is 0 Å². The van der Waals surface area contributed by atoms with Crippen molar-refractivity contribution < 1.29 is 19.4 Å². The van der Waals surface area contributed by atoms with Gasteiger partial charge >= 0.3 is 5.97 Å². The molecule has 4 N–H and O–H groups in total. The number of hydrogen-bond donors (Lipinski definition) is 3. The molecule has 0 aliphatic heterocycles. The fourth-order valence-corrected chi connectivity index (χ4v) is 1.45. The Bertz CT molecular complexity index is 474. The minimum atomic E-state index is -1.13. The van der Waals surface area contributed by atoms with Crippen LogP contribution in [0.3, 0.4) is 0 Å². The molecule has 6 heteroatoms. The highest BCUT2D eigenvalue weighted by molar-refractivity contribution is 5.91. The molecular formula is C13H18N2O4. The Labute approximate surface area is 111 Å². The van der Waals surface area contributed by atoms with Gasteiger partial charge in [0.05, 0.1) is 0 Å². The molecule has 104 valence electrons. The van der Waals surface area contributed by atoms with Crippen molar-refractivity contribution in [2.45, 2.75) is 26.4 Å². The molecule has 1 aromatic rings. The maximum atomic E-state index is 11.7. The second-order valence-electron chi connectivity index (χ2n) is 4.11. The number of nitrogens with two attached hydrogens (primary N) is 1. The summed E-state index contributed by atoms with van der Waals surface area (Å²) in [7, 11) is 0. The molecule has 19 heavy (non-hydrogen) atoms. The number of carbonyl (C=O) groups excluding carboxylic acids is 1. The summed E-state index contributed by atoms with van der Waals surface area (Å²) in [6.45, 7) is 4.04. The molecule has 0 fully saturated rings. The number of carbonyl (C=O) groups is 2. The number of nitrogen functional groups attached to an aromatic ring is 1. The predicted molar refractivity (Wildman–Crippen MR) is 71.2 cm³/mol. The number of nitrogens with one attached hydrogen (secondary N) is 1. The Morgan fingerprint density at radius 3 is 2.74 bits per heavy atom. The second kappa shape index (κ2) is 6.63. The van der Waals surface area contributed by atoms with Crippen LogP contribution < -0.4 is 15.8 Å². The van der Waals surface area contributed by atoms with Crippen molar-refractivity contribution >= 4 is 17.6 Å². The molecule has 0 aliphatic rings. The topological polar surface area (TPSA) is 102 Å². The standard InChI is InChI=1S/C13H18N2O4/c1-3-6-15-12(16)8(2)19-11-7-9(14)4-5-10(11)13(17)18/h4-5,7-8H,3,6,14H2,1-2H3,(H,15,16)(H,17,18). The molecule has 0 bridgehead atoms. The molecule has 1 rings (SSSR count). The van der Waals surface area contributed by atoms with Crippen LogP contribution in [-0.4, -0.2) is 29.6 Å². The van der Waals surface area contributed by atoms with Crippen molar-refractivity contribution in [1.82, 2.24) is 5.32 Å². The van der Waals surface area contributed by atoms with E-state index < -0.39 is 12.1 Å². The number of anilines is 1. The van der Waals surface area contributed by atoms with E-state index in [1.165, 1.54) is 18.2 Å². The molecule has 6 nitrogen and oxygen atoms in total. The molecule has 0 aromatic heterocycles. The molecule has 0 saturated carbocycles. The van der Waals surface area contributed by atoms with Crippen molar-refractivity contribution in [3.63, 3.8) is 0 Å². The number of aromatic carboxylic acids is 1. The summed E-state index contributed by atoms with van der Waals surface area (Å²) in [5.74, 6) is -1.33. The molecule has 0 aliphatic carbocycles. The van der Waals surface area contributed by atoms with E-state index in [9.17, 15) is 9.59 Å². The lowest BCUT2D eigenvalue weighted by Gasteiger charge is -2.16. The predicted octanol–water partition coefficient (Wildman–Crippen LogP) is 1.26. The highest BCUT2D eigenvalue weighted by atomic mass is 16.5. The number of ether oxygens (including phenoxy) is 1. The molecule has 1 aromatic carbocycles. The van der Waals surface area contributed by atoms with Gasteiger partial charge in [0.2, 0.25) is 0 Å². The van der Waals surface area contributed by atoms with Crippen LogP contribution in [0.5, 0.6) is 5.75 Å². The molecule has 0 spiro atoms. The van der Waals surface area contributed by atoms with E-state index in [4.69, 9.17) is 15.6 Å². The van der Waals surface area contributed by atoms with E-state index in [2.05, 4.69) is 5.32 Å². The third-order valence-corrected chi connectivity index (χ3v) is 2.46. The van der Waals surface area contributed by atoms with Crippen LogP contribution in [0, 0.1) is 0 Å². The van der Waals surface area contributed by atoms with Crippen molar-refractivity contribution in [2.75, 3.05) is 12.3 Å². The molecule has 0 radical (unpaired) electrons. The average Bonchev–Trinajstić information content (AvgIpc) is 2.35. The Kier molecular flexibility index (Phi) is 5.17. The highest BCUT2D eigenvalue weighted by Crippen LogP contribution is 2.23. The SMILES string of the molecule is CCCNC(=O)C(C)Oc1cc(N)ccc1C(=O)O. The second-order valence-corrected chi connectivity index (χ2v) is 4.11. The van der Waals surface area contributed by atoms with Gasteiger partial charge in [0, 0.05) is 18.3 Å². The average molecular weight is 266 g/mol. The molecule has 1 unspecified atom stereocenters. The molecule has 1 amide bonds. The van der Waals surface area contributed by atoms with Crippen LogP contribution in [0.4, 0.5) is 5.69 Å². The first-order chi connectivity index (χ1) is 8.95. The van der Waals surface area contributed by atoms with Crippen molar-refractivity contribution in [1.29, 1.82) is 0 Å². The number of amides is 1. The van der Waals surface area contributed by atoms with Crippen LogP contribution in [0.2, 0.25) is 0 Å². The summed E-state index contributed by atoms with van der Waals surface area (Å²) in [4.78, 5) is 22.7. The van der Waals surface area contributed by atoms with Gasteiger partial charge in [-0.25, -0.2) is 4.79 Å². The van der Waals surface area contributed by atoms with Gasteiger partial charge in [0.1, 0.15) is 11.3 Å². The lowest BCUT2D eigenvalue weighted by atomic mass is 10.2. The molecule has 0 heterocycles. The lowest BCUT2D eigenvalue weighted by Crippen LogP contribution is -2.36. The number of carboxylic acid groups (broad SMARTS) is 1. The summed E-state index contributed by atoms with van der Waals surface area (Å²) in [6.07, 6.45) is 0.0309. The molecule has 1 atom stereocenters. The van der Waals surface area contributed by atoms with Gasteiger partial charge in [-0.1, -0.05) is 6.92 Å². The smallest absolute Gasteiger partial charge is 0.339 e. The maximum absolute atomic E-state index is 11.7. The first kappa shape index (κ1) is 14.8. The van der Waals surface area contributed by atoms with Gasteiger partial charge in [-0.15, -0.1) is 0 Å². The van der Waals surface area contributed by atoms with E-state index in [1.54, 1.807) is 6.92 Å². The molecular weight excluding hydrogens is 248 g/mol. The summed E-state index contributed by atoms with van der Waals surface area (Å²) in [6, 6.07) is 4.22. The summed E-state index contributed by atoms with van der Waals surface area (Å²) in [5.41, 5.74) is 5.94. The summed E-state index contributed by atoms with van der Waals surface area (Å²) >= 11 is 0. The summed E-state index contributed by atoms with van der Waals surface area (Å²) < 4.78 is 5.37. The van der Waals surface area contributed by atoms with Gasteiger partial charge in [0.15, 0.2) is 6.10 Å². The lowest BCUT2D eigenvalue weighted by molar-refractivity contribution is -0.127. The van der Waals surface area contributed by atoms with Crippen molar-refractivity contribution in [3.8, 4) is 5.75 Å². The first-order valence-electron chi connectivity index (χ1n) is 6.03. The third kappa shape index (κ3) is 4.17. The van der Waals surface area contributed by atoms with Crippen LogP contribution >= 0.6 is 0 Å². The van der Waals surface area contributed by atoms with E-state index in [0.29, 0.717) is 12.2 Å². The van der Waals surface area contributed by atoms with E-state index in [-0.39, 0.29) is 17.2 Å². The zero-order chi connectivity index (χ0) is 14.4. The Morgan fingerprint density at radius 1 is 1.47 bits per heavy atom. The molecule has 0 saturated heterocycles. The fraction of sp³-hybridized carbons (Fsp3) is 0.385. The normalized spacial score (nSPS) is 11.7. The minimum absolute atomic E-state index is 0.0238. The Morgan fingerprint density at radius 2 is 2.16 bits per heavy atom. The fourth-order valence-electron chi connectivity index (χ4n) is 1.45. The van der Waals surface area contributed by atoms with E-state index in [1.807, 2.05) is 6.92 Å². The quantitative estimate of drug-likeness (QED) is 0.673. The van der Waals surface area contributed by atoms with Crippen LogP contribution in [0.1, 0.15) is 30.6 Å². The monoisotopic (exact) mass is 266 g/mol. The van der Waals surface area contributed by atoms with Crippen molar-refractivity contribution in [3.05, 3.63) is 23.8 Å². The third-order valence-electron chi connectivity index (χ3n) is 2.46. The number of benzene rings is 1. The highest BCUT2D eigenvalue weighted by Gasteiger charge is 2.18. The maximum Gasteiger partial charge on any atom is 0.339 e. The van der Waals surface area contributed by atoms with Gasteiger partial charge in [-0.05, 0) is 25.5 Å². The Hall–Kier alpha value is -2.24. The van der Waals surface area contributed by atoms with E-state index in [0.717, 1.165) is 6.42 Å².